The number of nitrogens with one attached hydrogen (secondary N) is 2. The van der Waals surface area contributed by atoms with Crippen molar-refractivity contribution in [1.82, 2.24) is 10.2 Å². The average Bonchev–Trinajstić information content (AvgIpc) is 3.10. The first kappa shape index (κ1) is 18.3. The van der Waals surface area contributed by atoms with Crippen LogP contribution in [0.1, 0.15) is 42.1 Å². The molecule has 1 aliphatic heterocycles. The summed E-state index contributed by atoms with van der Waals surface area (Å²) in [5.41, 5.74) is 2.27. The van der Waals surface area contributed by atoms with E-state index in [1.807, 2.05) is 24.8 Å². The molecule has 0 radical (unpaired) electrons. The minimum absolute atomic E-state index is 0.0718. The number of benzene rings is 1. The fourth-order valence-corrected chi connectivity index (χ4v) is 2.73. The number of carbonyl (C=O) groups excluding carboxylic acids is 2. The molecule has 3 amide bonds. The summed E-state index contributed by atoms with van der Waals surface area (Å²) in [6.07, 6.45) is 2.94. The fraction of sp³-hybridized carbons (Fsp3) is 0.556. The Bertz CT molecular complexity index is 569. The lowest BCUT2D eigenvalue weighted by Crippen LogP contribution is -2.30. The zero-order chi connectivity index (χ0) is 17.4. The van der Waals surface area contributed by atoms with Gasteiger partial charge >= 0.3 is 6.03 Å². The summed E-state index contributed by atoms with van der Waals surface area (Å²) >= 11 is 0. The molecule has 0 saturated carbocycles. The van der Waals surface area contributed by atoms with Crippen molar-refractivity contribution in [3.05, 3.63) is 29.3 Å². The molecule has 2 N–H and O–H groups in total. The van der Waals surface area contributed by atoms with Gasteiger partial charge in [0.25, 0.3) is 5.91 Å². The van der Waals surface area contributed by atoms with Crippen LogP contribution in [0.2, 0.25) is 0 Å². The maximum Gasteiger partial charge on any atom is 0.319 e. The number of likely N-dealkylation sites (tertiary alicyclic amines) is 1. The predicted octanol–water partition coefficient (Wildman–Crippen LogP) is 2.78. The van der Waals surface area contributed by atoms with Crippen molar-refractivity contribution in [2.24, 2.45) is 0 Å². The van der Waals surface area contributed by atoms with Crippen molar-refractivity contribution in [2.45, 2.75) is 33.1 Å². The first-order chi connectivity index (χ1) is 11.6. The Morgan fingerprint density at radius 1 is 1.25 bits per heavy atom. The lowest BCUT2D eigenvalue weighted by molar-refractivity contribution is 0.0792. The van der Waals surface area contributed by atoms with Crippen LogP contribution in [0.5, 0.6) is 0 Å². The van der Waals surface area contributed by atoms with Crippen LogP contribution in [-0.2, 0) is 4.74 Å². The molecule has 2 rings (SSSR count). The van der Waals surface area contributed by atoms with E-state index in [9.17, 15) is 9.59 Å². The SMILES string of the molecule is CCOCCCNC(=O)Nc1ccc(C(=O)N2CCCC2)cc1C. The first-order valence-electron chi connectivity index (χ1n) is 8.64. The lowest BCUT2D eigenvalue weighted by atomic mass is 10.1. The smallest absolute Gasteiger partial charge is 0.319 e. The minimum atomic E-state index is -0.242. The molecule has 0 atom stereocenters. The third-order valence-electron chi connectivity index (χ3n) is 4.07. The van der Waals surface area contributed by atoms with Crippen LogP contribution >= 0.6 is 0 Å². The van der Waals surface area contributed by atoms with E-state index < -0.39 is 0 Å². The number of urea groups is 1. The number of carbonyl (C=O) groups is 2. The molecule has 1 saturated heterocycles. The second-order valence-electron chi connectivity index (χ2n) is 5.96. The van der Waals surface area contributed by atoms with Crippen molar-refractivity contribution in [3.63, 3.8) is 0 Å². The highest BCUT2D eigenvalue weighted by molar-refractivity contribution is 5.96. The van der Waals surface area contributed by atoms with Crippen LogP contribution < -0.4 is 10.6 Å². The minimum Gasteiger partial charge on any atom is -0.382 e. The Morgan fingerprint density at radius 3 is 2.67 bits per heavy atom. The number of anilines is 1. The molecule has 6 heteroatoms. The monoisotopic (exact) mass is 333 g/mol. The van der Waals surface area contributed by atoms with E-state index in [1.54, 1.807) is 12.1 Å². The highest BCUT2D eigenvalue weighted by Crippen LogP contribution is 2.19. The summed E-state index contributed by atoms with van der Waals surface area (Å²) in [5.74, 6) is 0.0718. The van der Waals surface area contributed by atoms with Gasteiger partial charge in [-0.3, -0.25) is 4.79 Å². The summed E-state index contributed by atoms with van der Waals surface area (Å²) < 4.78 is 5.22. The van der Waals surface area contributed by atoms with Crippen molar-refractivity contribution >= 4 is 17.6 Å². The van der Waals surface area contributed by atoms with E-state index in [2.05, 4.69) is 10.6 Å². The number of hydrogen-bond donors (Lipinski definition) is 2. The van der Waals surface area contributed by atoms with Gasteiger partial charge in [-0.25, -0.2) is 4.79 Å². The highest BCUT2D eigenvalue weighted by atomic mass is 16.5. The number of ether oxygens (including phenoxy) is 1. The zero-order valence-electron chi connectivity index (χ0n) is 14.6. The molecule has 1 aromatic carbocycles. The van der Waals surface area contributed by atoms with Crippen LogP contribution in [0.15, 0.2) is 18.2 Å². The average molecular weight is 333 g/mol. The molecule has 0 spiro atoms. The first-order valence-corrected chi connectivity index (χ1v) is 8.64. The van der Waals surface area contributed by atoms with Crippen molar-refractivity contribution in [2.75, 3.05) is 38.2 Å². The summed E-state index contributed by atoms with van der Waals surface area (Å²) in [6, 6.07) is 5.16. The van der Waals surface area contributed by atoms with Crippen LogP contribution in [-0.4, -0.2) is 49.7 Å². The normalized spacial score (nSPS) is 13.8. The number of amides is 3. The molecule has 1 aromatic rings. The Hall–Kier alpha value is -2.08. The Labute approximate surface area is 143 Å². The molecule has 1 heterocycles. The number of rotatable bonds is 7. The highest BCUT2D eigenvalue weighted by Gasteiger charge is 2.19. The lowest BCUT2D eigenvalue weighted by Gasteiger charge is -2.16. The van der Waals surface area contributed by atoms with E-state index in [1.165, 1.54) is 0 Å². The number of nitrogens with zero attached hydrogens (tertiary/aromatic N) is 1. The molecule has 24 heavy (non-hydrogen) atoms. The Balaban J connectivity index is 1.85. The van der Waals surface area contributed by atoms with Gasteiger partial charge in [0.2, 0.25) is 0 Å². The van der Waals surface area contributed by atoms with Crippen LogP contribution in [0.4, 0.5) is 10.5 Å². The van der Waals surface area contributed by atoms with Crippen LogP contribution in [0, 0.1) is 6.92 Å². The summed E-state index contributed by atoms with van der Waals surface area (Å²) in [4.78, 5) is 26.1. The van der Waals surface area contributed by atoms with E-state index in [0.29, 0.717) is 25.3 Å². The number of hydrogen-bond acceptors (Lipinski definition) is 3. The Kier molecular flexibility index (Phi) is 7.06. The Morgan fingerprint density at radius 2 is 2.00 bits per heavy atom. The van der Waals surface area contributed by atoms with Gasteiger partial charge in [-0.05, 0) is 56.9 Å². The predicted molar refractivity (Wildman–Crippen MR) is 94.4 cm³/mol. The van der Waals surface area contributed by atoms with Gasteiger partial charge in [0.15, 0.2) is 0 Å². The van der Waals surface area contributed by atoms with Gasteiger partial charge in [0.1, 0.15) is 0 Å². The molecule has 0 unspecified atom stereocenters. The van der Waals surface area contributed by atoms with E-state index >= 15 is 0 Å². The van der Waals surface area contributed by atoms with Crippen LogP contribution in [0.3, 0.4) is 0 Å². The number of aryl methyl sites for hydroxylation is 1. The second kappa shape index (κ2) is 9.27. The molecule has 1 fully saturated rings. The molecular weight excluding hydrogens is 306 g/mol. The van der Waals surface area contributed by atoms with Crippen molar-refractivity contribution < 1.29 is 14.3 Å². The van der Waals surface area contributed by atoms with Gasteiger partial charge in [0, 0.05) is 44.1 Å². The van der Waals surface area contributed by atoms with E-state index in [0.717, 1.165) is 43.6 Å². The molecule has 1 aliphatic rings. The summed E-state index contributed by atoms with van der Waals surface area (Å²) in [6.45, 7) is 7.41. The van der Waals surface area contributed by atoms with Crippen LogP contribution in [0.25, 0.3) is 0 Å². The summed E-state index contributed by atoms with van der Waals surface area (Å²) in [5, 5.41) is 5.62. The van der Waals surface area contributed by atoms with E-state index in [4.69, 9.17) is 4.74 Å². The van der Waals surface area contributed by atoms with E-state index in [-0.39, 0.29) is 11.9 Å². The largest absolute Gasteiger partial charge is 0.382 e. The van der Waals surface area contributed by atoms with Gasteiger partial charge < -0.3 is 20.3 Å². The van der Waals surface area contributed by atoms with Crippen molar-refractivity contribution in [1.29, 1.82) is 0 Å². The molecule has 0 bridgehead atoms. The molecule has 132 valence electrons. The van der Waals surface area contributed by atoms with Gasteiger partial charge in [-0.1, -0.05) is 0 Å². The topological polar surface area (TPSA) is 70.7 Å². The zero-order valence-corrected chi connectivity index (χ0v) is 14.6. The standard InChI is InChI=1S/C18H27N3O3/c1-3-24-12-6-9-19-18(23)20-16-8-7-15(13-14(16)2)17(22)21-10-4-5-11-21/h7-8,13H,3-6,9-12H2,1-2H3,(H2,19,20,23). The van der Waals surface area contributed by atoms with Gasteiger partial charge in [-0.15, -0.1) is 0 Å². The third-order valence-corrected chi connectivity index (χ3v) is 4.07. The second-order valence-corrected chi connectivity index (χ2v) is 5.96. The molecule has 6 nitrogen and oxygen atoms in total. The molecule has 0 aromatic heterocycles. The third kappa shape index (κ3) is 5.23. The fourth-order valence-electron chi connectivity index (χ4n) is 2.73. The van der Waals surface area contributed by atoms with Gasteiger partial charge in [0.05, 0.1) is 0 Å². The quantitative estimate of drug-likeness (QED) is 0.754. The molecule has 0 aliphatic carbocycles. The summed E-state index contributed by atoms with van der Waals surface area (Å²) in [7, 11) is 0. The van der Waals surface area contributed by atoms with Gasteiger partial charge in [-0.2, -0.15) is 0 Å². The molecular formula is C18H27N3O3. The maximum absolute atomic E-state index is 12.4. The maximum atomic E-state index is 12.4. The van der Waals surface area contributed by atoms with Crippen molar-refractivity contribution in [3.8, 4) is 0 Å².